The highest BCUT2D eigenvalue weighted by Crippen LogP contribution is 2.51. The van der Waals surface area contributed by atoms with E-state index in [-0.39, 0.29) is 18.2 Å². The predicted octanol–water partition coefficient (Wildman–Crippen LogP) is -0.0918. The number of fused-ring (bicyclic) bond motifs is 2. The number of nitrogens with two attached hydrogens (primary N) is 1. The van der Waals surface area contributed by atoms with Gasteiger partial charge in [0, 0.05) is 10.8 Å². The summed E-state index contributed by atoms with van der Waals surface area (Å²) in [6.07, 6.45) is -0.837. The molecule has 4 fully saturated rings. The van der Waals surface area contributed by atoms with Crippen LogP contribution in [0.5, 0.6) is 5.75 Å². The van der Waals surface area contributed by atoms with Crippen LogP contribution in [0.2, 0.25) is 0 Å². The highest BCUT2D eigenvalue weighted by Gasteiger charge is 2.68. The van der Waals surface area contributed by atoms with E-state index in [4.69, 9.17) is 19.9 Å². The Hall–Kier alpha value is -3.90. The van der Waals surface area contributed by atoms with Gasteiger partial charge in [-0.2, -0.15) is 0 Å². The number of benzene rings is 1. The van der Waals surface area contributed by atoms with Gasteiger partial charge in [0.2, 0.25) is 24.5 Å². The van der Waals surface area contributed by atoms with Crippen LogP contribution < -0.4 is 21.1 Å². The minimum Gasteiger partial charge on any atom is -0.426 e. The smallest absolute Gasteiger partial charge is 0.412 e. The molecule has 1 aromatic carbocycles. The van der Waals surface area contributed by atoms with E-state index < -0.39 is 96.8 Å². The Balaban J connectivity index is 1.15. The molecule has 4 aliphatic rings. The lowest BCUT2D eigenvalue weighted by Crippen LogP contribution is -2.71. The van der Waals surface area contributed by atoms with Gasteiger partial charge in [0.05, 0.1) is 11.2 Å². The molecule has 4 saturated heterocycles. The van der Waals surface area contributed by atoms with Crippen molar-refractivity contribution in [2.75, 3.05) is 6.79 Å². The third-order valence-electron chi connectivity index (χ3n) is 8.70. The van der Waals surface area contributed by atoms with Crippen LogP contribution in [-0.4, -0.2) is 105 Å². The molecule has 4 aliphatic heterocycles. The second kappa shape index (κ2) is 12.0. The van der Waals surface area contributed by atoms with Crippen molar-refractivity contribution >= 4 is 57.4 Å². The zero-order valence-electron chi connectivity index (χ0n) is 26.5. The molecule has 0 spiro atoms. The quantitative estimate of drug-likeness (QED) is 0.175. The van der Waals surface area contributed by atoms with E-state index in [1.807, 2.05) is 0 Å². The lowest BCUT2D eigenvalue weighted by molar-refractivity contribution is -0.181. The molecule has 0 radical (unpaired) electrons. The fourth-order valence-electron chi connectivity index (χ4n) is 6.15. The molecule has 4 heterocycles. The average Bonchev–Trinajstić information content (AvgIpc) is 3.30. The lowest BCUT2D eigenvalue weighted by atomic mass is 9.95. The second-order valence-electron chi connectivity index (χ2n) is 13.0. The van der Waals surface area contributed by atoms with E-state index >= 15 is 0 Å². The average molecular weight is 696 g/mol. The Bertz CT molecular complexity index is 1630. The Kier molecular flexibility index (Phi) is 8.77. The van der Waals surface area contributed by atoms with Gasteiger partial charge >= 0.3 is 18.0 Å². The van der Waals surface area contributed by atoms with Gasteiger partial charge in [-0.05, 0) is 59.2 Å². The monoisotopic (exact) mass is 695 g/mol. The molecule has 1 unspecified atom stereocenters. The first kappa shape index (κ1) is 34.4. The van der Waals surface area contributed by atoms with E-state index in [9.17, 15) is 37.2 Å². The standard InChI is InChI=1S/C29H37N5O11S2/c1-13(2)31-27(40)45-15-9-7-14(8-10-15)18(30)22(36)32-19-23(37)34-20(28(3,4)46-24(19)34)25(38)43-12-44-26(39)21-29(5,6)47(41,42)17-11-16(35)33(17)21/h7-10,13,17-21,24H,11-12,30H2,1-6H3,(H,31,40)(H,32,36)/t17-,18?,19-,20+,21+,24-/m1/s1. The number of sulfone groups is 1. The largest absolute Gasteiger partial charge is 0.426 e. The summed E-state index contributed by atoms with van der Waals surface area (Å²) in [7, 11) is -3.83. The van der Waals surface area contributed by atoms with E-state index in [0.717, 1.165) is 4.90 Å². The van der Waals surface area contributed by atoms with E-state index in [2.05, 4.69) is 10.6 Å². The SMILES string of the molecule is CC(C)NC(=O)Oc1ccc(C(N)C(=O)N[C@@H]2C(=O)N3[C@@H]2SC(C)(C)[C@@H]3C(=O)OCOC(=O)[C@@H]2N3C(=O)C[C@H]3S(=O)(=O)C2(C)C)cc1. The summed E-state index contributed by atoms with van der Waals surface area (Å²) in [4.78, 5) is 78.4. The molecule has 256 valence electrons. The molecule has 0 aliphatic carbocycles. The predicted molar refractivity (Wildman–Crippen MR) is 165 cm³/mol. The van der Waals surface area contributed by atoms with Crippen LogP contribution in [0.1, 0.15) is 59.6 Å². The summed E-state index contributed by atoms with van der Waals surface area (Å²) < 4.78 is 38.5. The van der Waals surface area contributed by atoms with Crippen molar-refractivity contribution < 1.29 is 51.4 Å². The molecule has 47 heavy (non-hydrogen) atoms. The zero-order valence-corrected chi connectivity index (χ0v) is 28.2. The van der Waals surface area contributed by atoms with E-state index in [1.54, 1.807) is 27.7 Å². The molecule has 16 nitrogen and oxygen atoms in total. The van der Waals surface area contributed by atoms with Gasteiger partial charge in [0.15, 0.2) is 9.84 Å². The van der Waals surface area contributed by atoms with Crippen LogP contribution in [0, 0.1) is 0 Å². The first-order valence-corrected chi connectivity index (χ1v) is 17.2. The van der Waals surface area contributed by atoms with Crippen LogP contribution in [0.15, 0.2) is 24.3 Å². The van der Waals surface area contributed by atoms with Gasteiger partial charge in [-0.3, -0.25) is 14.4 Å². The number of nitrogens with one attached hydrogen (secondary N) is 2. The number of ether oxygens (including phenoxy) is 3. The number of carbonyl (C=O) groups is 6. The Labute approximate surface area is 275 Å². The normalized spacial score (nSPS) is 28.3. The highest BCUT2D eigenvalue weighted by atomic mass is 32.2. The Morgan fingerprint density at radius 1 is 1.00 bits per heavy atom. The summed E-state index contributed by atoms with van der Waals surface area (Å²) in [5, 5.41) is 3.53. The zero-order chi connectivity index (χ0) is 34.8. The van der Waals surface area contributed by atoms with Crippen LogP contribution in [-0.2, 0) is 43.3 Å². The van der Waals surface area contributed by atoms with Gasteiger partial charge < -0.3 is 40.4 Å². The second-order valence-corrected chi connectivity index (χ2v) is 17.5. The van der Waals surface area contributed by atoms with Crippen LogP contribution in [0.4, 0.5) is 4.79 Å². The number of hydrogen-bond acceptors (Lipinski definition) is 13. The maximum Gasteiger partial charge on any atom is 0.412 e. The topological polar surface area (TPSA) is 221 Å². The highest BCUT2D eigenvalue weighted by molar-refractivity contribution is 8.01. The molecule has 4 amide bonds. The summed E-state index contributed by atoms with van der Waals surface area (Å²) in [6, 6.07) is 1.31. The Morgan fingerprint density at radius 2 is 1.60 bits per heavy atom. The minimum absolute atomic E-state index is 0.111. The molecular formula is C29H37N5O11S2. The third-order valence-corrected chi connectivity index (χ3v) is 13.1. The Morgan fingerprint density at radius 3 is 2.17 bits per heavy atom. The summed E-state index contributed by atoms with van der Waals surface area (Å²) in [5.41, 5.74) is 6.55. The van der Waals surface area contributed by atoms with Gasteiger partial charge in [-0.25, -0.2) is 22.8 Å². The number of rotatable bonds is 9. The van der Waals surface area contributed by atoms with Crippen LogP contribution in [0.3, 0.4) is 0 Å². The maximum atomic E-state index is 13.2. The number of amides is 4. The summed E-state index contributed by atoms with van der Waals surface area (Å²) in [5.74, 6) is -3.31. The van der Waals surface area contributed by atoms with Crippen molar-refractivity contribution in [1.29, 1.82) is 0 Å². The van der Waals surface area contributed by atoms with Crippen LogP contribution in [0.25, 0.3) is 0 Å². The number of thioether (sulfide) groups is 1. The van der Waals surface area contributed by atoms with Crippen molar-refractivity contribution in [3.8, 4) is 5.75 Å². The maximum absolute atomic E-state index is 13.2. The first-order chi connectivity index (χ1) is 21.8. The van der Waals surface area contributed by atoms with E-state index in [0.29, 0.717) is 5.56 Å². The number of β-lactam (4-membered cyclic amide) rings is 2. The molecular weight excluding hydrogens is 658 g/mol. The molecule has 1 aromatic rings. The number of esters is 2. The molecule has 0 aromatic heterocycles. The molecule has 0 saturated carbocycles. The van der Waals surface area contributed by atoms with Gasteiger partial charge in [-0.1, -0.05) is 12.1 Å². The number of nitrogens with zero attached hydrogens (tertiary/aromatic N) is 2. The van der Waals surface area contributed by atoms with Crippen molar-refractivity contribution in [3.05, 3.63) is 29.8 Å². The number of carbonyl (C=O) groups excluding carboxylic acids is 6. The lowest BCUT2D eigenvalue weighted by Gasteiger charge is -2.44. The molecule has 0 bridgehead atoms. The van der Waals surface area contributed by atoms with Crippen molar-refractivity contribution in [2.24, 2.45) is 5.73 Å². The molecule has 18 heteroatoms. The van der Waals surface area contributed by atoms with Crippen LogP contribution >= 0.6 is 11.8 Å². The molecule has 6 atom stereocenters. The van der Waals surface area contributed by atoms with Crippen molar-refractivity contribution in [3.63, 3.8) is 0 Å². The number of hydrogen-bond donors (Lipinski definition) is 3. The fourth-order valence-corrected chi connectivity index (χ4v) is 9.89. The summed E-state index contributed by atoms with van der Waals surface area (Å²) in [6.45, 7) is 8.83. The van der Waals surface area contributed by atoms with E-state index in [1.165, 1.54) is 54.8 Å². The van der Waals surface area contributed by atoms with Gasteiger partial charge in [0.25, 0.3) is 0 Å². The molecule has 4 N–H and O–H groups in total. The first-order valence-electron chi connectivity index (χ1n) is 14.8. The minimum atomic E-state index is -3.83. The third kappa shape index (κ3) is 5.79. The van der Waals surface area contributed by atoms with Crippen molar-refractivity contribution in [2.45, 2.75) is 98.4 Å². The van der Waals surface area contributed by atoms with Gasteiger partial charge in [-0.15, -0.1) is 11.8 Å². The summed E-state index contributed by atoms with van der Waals surface area (Å²) >= 11 is 1.27. The van der Waals surface area contributed by atoms with Gasteiger partial charge in [0.1, 0.15) is 40.7 Å². The molecule has 5 rings (SSSR count). The fraction of sp³-hybridized carbons (Fsp3) is 0.586. The van der Waals surface area contributed by atoms with Crippen molar-refractivity contribution in [1.82, 2.24) is 20.4 Å².